The first-order chi connectivity index (χ1) is 7.79. The Labute approximate surface area is 95.1 Å². The topological polar surface area (TPSA) is 66.8 Å². The van der Waals surface area contributed by atoms with Gasteiger partial charge >= 0.3 is 12.1 Å². The minimum absolute atomic E-state index is 0.0313. The van der Waals surface area contributed by atoms with Gasteiger partial charge in [-0.25, -0.2) is 0 Å². The molecule has 1 heterocycles. The summed E-state index contributed by atoms with van der Waals surface area (Å²) < 4.78 is 39.4. The molecule has 5 nitrogen and oxygen atoms in total. The molecule has 0 aliphatic carbocycles. The van der Waals surface area contributed by atoms with Crippen molar-refractivity contribution >= 4 is 11.9 Å². The molecule has 0 unspecified atom stereocenters. The zero-order chi connectivity index (χ0) is 13.1. The number of carboxylic acid groups (broad SMARTS) is 1. The molecule has 17 heavy (non-hydrogen) atoms. The molecule has 0 spiro atoms. The number of carbonyl (C=O) groups excluding carboxylic acids is 1. The van der Waals surface area contributed by atoms with E-state index in [1.165, 1.54) is 4.90 Å². The Balaban J connectivity index is 2.28. The number of amides is 1. The summed E-state index contributed by atoms with van der Waals surface area (Å²) in [5.41, 5.74) is 0. The summed E-state index contributed by atoms with van der Waals surface area (Å²) in [5.74, 6) is -2.25. The van der Waals surface area contributed by atoms with Gasteiger partial charge in [-0.1, -0.05) is 0 Å². The van der Waals surface area contributed by atoms with Crippen molar-refractivity contribution < 1.29 is 32.6 Å². The van der Waals surface area contributed by atoms with Gasteiger partial charge in [0.05, 0.1) is 5.92 Å². The Morgan fingerprint density at radius 3 is 2.53 bits per heavy atom. The summed E-state index contributed by atoms with van der Waals surface area (Å²) in [6.45, 7) is -1.88. The molecule has 0 aromatic rings. The minimum Gasteiger partial charge on any atom is -0.481 e. The predicted molar refractivity (Wildman–Crippen MR) is 49.2 cm³/mol. The Kier molecular flexibility index (Phi) is 4.33. The SMILES string of the molecule is O=C(O)[C@H]1CCN(C(=O)COCC(F)(F)F)C1. The summed E-state index contributed by atoms with van der Waals surface area (Å²) in [6.07, 6.45) is -4.14. The molecule has 1 rings (SSSR count). The van der Waals surface area contributed by atoms with Crippen molar-refractivity contribution in [3.05, 3.63) is 0 Å². The number of rotatable bonds is 4. The third kappa shape index (κ3) is 4.59. The standard InChI is InChI=1S/C9H12F3NO4/c10-9(11,12)5-17-4-7(14)13-2-1-6(3-13)8(15)16/h6H,1-5H2,(H,15,16)/t6-/m0/s1. The number of halogens is 3. The molecule has 1 atom stereocenters. The number of ether oxygens (including phenoxy) is 1. The van der Waals surface area contributed by atoms with E-state index in [9.17, 15) is 22.8 Å². The number of likely N-dealkylation sites (tertiary alicyclic amines) is 1. The number of nitrogens with zero attached hydrogens (tertiary/aromatic N) is 1. The molecule has 1 N–H and O–H groups in total. The Hall–Kier alpha value is -1.31. The lowest BCUT2D eigenvalue weighted by Gasteiger charge is -2.16. The van der Waals surface area contributed by atoms with Crippen molar-refractivity contribution in [3.63, 3.8) is 0 Å². The monoisotopic (exact) mass is 255 g/mol. The van der Waals surface area contributed by atoms with E-state index in [-0.39, 0.29) is 13.1 Å². The highest BCUT2D eigenvalue weighted by atomic mass is 19.4. The van der Waals surface area contributed by atoms with E-state index in [4.69, 9.17) is 5.11 Å². The fourth-order valence-corrected chi connectivity index (χ4v) is 1.53. The predicted octanol–water partition coefficient (Wildman–Crippen LogP) is 0.498. The zero-order valence-electron chi connectivity index (χ0n) is 8.87. The summed E-state index contributed by atoms with van der Waals surface area (Å²) in [6, 6.07) is 0. The largest absolute Gasteiger partial charge is 0.481 e. The smallest absolute Gasteiger partial charge is 0.411 e. The van der Waals surface area contributed by atoms with Crippen molar-refractivity contribution in [2.45, 2.75) is 12.6 Å². The second-order valence-electron chi connectivity index (χ2n) is 3.77. The first-order valence-electron chi connectivity index (χ1n) is 4.94. The molecule has 0 saturated carbocycles. The van der Waals surface area contributed by atoms with Crippen LogP contribution in [-0.4, -0.2) is 54.4 Å². The van der Waals surface area contributed by atoms with Crippen LogP contribution in [0.1, 0.15) is 6.42 Å². The second-order valence-corrected chi connectivity index (χ2v) is 3.77. The van der Waals surface area contributed by atoms with Gasteiger partial charge in [-0.15, -0.1) is 0 Å². The van der Waals surface area contributed by atoms with Gasteiger partial charge in [0.15, 0.2) is 0 Å². The molecule has 0 bridgehead atoms. The van der Waals surface area contributed by atoms with Crippen molar-refractivity contribution in [1.82, 2.24) is 4.90 Å². The normalized spacial score (nSPS) is 20.6. The minimum atomic E-state index is -4.46. The average Bonchev–Trinajstić information content (AvgIpc) is 2.63. The van der Waals surface area contributed by atoms with Gasteiger partial charge in [-0.05, 0) is 6.42 Å². The summed E-state index contributed by atoms with van der Waals surface area (Å²) in [5, 5.41) is 8.68. The Morgan fingerprint density at radius 2 is 2.06 bits per heavy atom. The van der Waals surface area contributed by atoms with Gasteiger partial charge in [0.2, 0.25) is 5.91 Å². The maximum Gasteiger partial charge on any atom is 0.411 e. The molecular weight excluding hydrogens is 243 g/mol. The van der Waals surface area contributed by atoms with E-state index in [2.05, 4.69) is 4.74 Å². The van der Waals surface area contributed by atoms with Crippen LogP contribution in [-0.2, 0) is 14.3 Å². The van der Waals surface area contributed by atoms with E-state index in [0.29, 0.717) is 6.42 Å². The number of hydrogen-bond acceptors (Lipinski definition) is 3. The lowest BCUT2D eigenvalue weighted by atomic mass is 10.1. The summed E-state index contributed by atoms with van der Waals surface area (Å²) >= 11 is 0. The lowest BCUT2D eigenvalue weighted by Crippen LogP contribution is -2.34. The van der Waals surface area contributed by atoms with Crippen LogP contribution in [0.2, 0.25) is 0 Å². The van der Waals surface area contributed by atoms with Crippen LogP contribution in [0.3, 0.4) is 0 Å². The number of carboxylic acids is 1. The highest BCUT2D eigenvalue weighted by Gasteiger charge is 2.32. The molecule has 8 heteroatoms. The third-order valence-electron chi connectivity index (χ3n) is 2.38. The number of hydrogen-bond donors (Lipinski definition) is 1. The van der Waals surface area contributed by atoms with Gasteiger partial charge < -0.3 is 14.7 Å². The van der Waals surface area contributed by atoms with E-state index in [1.807, 2.05) is 0 Å². The zero-order valence-corrected chi connectivity index (χ0v) is 8.87. The number of carbonyl (C=O) groups is 2. The molecule has 1 saturated heterocycles. The quantitative estimate of drug-likeness (QED) is 0.794. The highest BCUT2D eigenvalue weighted by molar-refractivity contribution is 5.79. The van der Waals surface area contributed by atoms with Gasteiger partial charge in [-0.2, -0.15) is 13.2 Å². The lowest BCUT2D eigenvalue weighted by molar-refractivity contribution is -0.177. The molecule has 1 aliphatic heterocycles. The van der Waals surface area contributed by atoms with Crippen LogP contribution in [0.4, 0.5) is 13.2 Å². The van der Waals surface area contributed by atoms with Gasteiger partial charge in [0.1, 0.15) is 13.2 Å². The Morgan fingerprint density at radius 1 is 1.41 bits per heavy atom. The number of alkyl halides is 3. The van der Waals surface area contributed by atoms with Crippen LogP contribution in [0.15, 0.2) is 0 Å². The van der Waals surface area contributed by atoms with Gasteiger partial charge in [0, 0.05) is 13.1 Å². The highest BCUT2D eigenvalue weighted by Crippen LogP contribution is 2.17. The molecular formula is C9H12F3NO4. The average molecular weight is 255 g/mol. The Bertz CT molecular complexity index is 305. The summed E-state index contributed by atoms with van der Waals surface area (Å²) in [4.78, 5) is 23.1. The fraction of sp³-hybridized carbons (Fsp3) is 0.778. The van der Waals surface area contributed by atoms with Crippen LogP contribution in [0, 0.1) is 5.92 Å². The van der Waals surface area contributed by atoms with Crippen molar-refractivity contribution in [3.8, 4) is 0 Å². The van der Waals surface area contributed by atoms with Gasteiger partial charge in [0.25, 0.3) is 0 Å². The van der Waals surface area contributed by atoms with Crippen LogP contribution in [0.5, 0.6) is 0 Å². The van der Waals surface area contributed by atoms with E-state index in [1.54, 1.807) is 0 Å². The summed E-state index contributed by atoms with van der Waals surface area (Å²) in [7, 11) is 0. The third-order valence-corrected chi connectivity index (χ3v) is 2.38. The van der Waals surface area contributed by atoms with E-state index < -0.39 is 37.2 Å². The maximum absolute atomic E-state index is 11.7. The van der Waals surface area contributed by atoms with Crippen molar-refractivity contribution in [2.24, 2.45) is 5.92 Å². The fourth-order valence-electron chi connectivity index (χ4n) is 1.53. The molecule has 1 amide bonds. The van der Waals surface area contributed by atoms with Crippen LogP contribution < -0.4 is 0 Å². The van der Waals surface area contributed by atoms with Crippen LogP contribution >= 0.6 is 0 Å². The molecule has 0 aromatic heterocycles. The van der Waals surface area contributed by atoms with Crippen LogP contribution in [0.25, 0.3) is 0 Å². The number of aliphatic carboxylic acids is 1. The van der Waals surface area contributed by atoms with E-state index >= 15 is 0 Å². The second kappa shape index (κ2) is 5.35. The maximum atomic E-state index is 11.7. The molecule has 1 aliphatic rings. The van der Waals surface area contributed by atoms with Crippen molar-refractivity contribution in [2.75, 3.05) is 26.3 Å². The van der Waals surface area contributed by atoms with Gasteiger partial charge in [-0.3, -0.25) is 9.59 Å². The molecule has 1 fully saturated rings. The molecule has 0 radical (unpaired) electrons. The first-order valence-corrected chi connectivity index (χ1v) is 4.94. The molecule has 0 aromatic carbocycles. The van der Waals surface area contributed by atoms with Crippen molar-refractivity contribution in [1.29, 1.82) is 0 Å². The molecule has 98 valence electrons. The first kappa shape index (κ1) is 13.8. The van der Waals surface area contributed by atoms with E-state index in [0.717, 1.165) is 0 Å².